The predicted octanol–water partition coefficient (Wildman–Crippen LogP) is 1.31. The van der Waals surface area contributed by atoms with Gasteiger partial charge in [0.25, 0.3) is 0 Å². The second-order valence-electron chi connectivity index (χ2n) is 9.72. The van der Waals surface area contributed by atoms with E-state index >= 15 is 0 Å². The lowest BCUT2D eigenvalue weighted by Gasteiger charge is -2.51. The highest BCUT2D eigenvalue weighted by Gasteiger charge is 3.00. The number of epoxide rings is 3. The number of ketones is 1. The Morgan fingerprint density at radius 2 is 1.92 bits per heavy atom. The number of ether oxygens (including phenoxy) is 4. The lowest BCUT2D eigenvalue weighted by atomic mass is 9.47. The van der Waals surface area contributed by atoms with Crippen LogP contribution in [-0.2, 0) is 28.5 Å². The summed E-state index contributed by atoms with van der Waals surface area (Å²) in [5.41, 5.74) is -0.371. The molecule has 0 N–H and O–H groups in total. The van der Waals surface area contributed by atoms with Crippen molar-refractivity contribution < 1.29 is 28.5 Å². The third-order valence-corrected chi connectivity index (χ3v) is 8.82. The van der Waals surface area contributed by atoms with Crippen LogP contribution in [0.3, 0.4) is 0 Å². The van der Waals surface area contributed by atoms with Crippen molar-refractivity contribution in [1.29, 1.82) is 0 Å². The van der Waals surface area contributed by atoms with E-state index in [1.165, 1.54) is 0 Å². The van der Waals surface area contributed by atoms with Crippen LogP contribution < -0.4 is 0 Å². The number of fused-ring (bicyclic) bond motifs is 4. The molecule has 6 heteroatoms. The zero-order valence-electron chi connectivity index (χ0n) is 15.2. The summed E-state index contributed by atoms with van der Waals surface area (Å²) < 4.78 is 24.1. The van der Waals surface area contributed by atoms with Crippen LogP contribution in [0, 0.1) is 17.3 Å². The maximum Gasteiger partial charge on any atom is 0.334 e. The molecule has 7 aliphatic rings. The van der Waals surface area contributed by atoms with Gasteiger partial charge in [-0.15, -0.1) is 0 Å². The zero-order valence-corrected chi connectivity index (χ0v) is 15.2. The van der Waals surface area contributed by atoms with E-state index in [0.717, 1.165) is 24.0 Å². The molecule has 26 heavy (non-hydrogen) atoms. The molecule has 0 radical (unpaired) electrons. The fraction of sp³-hybridized carbons (Fsp3) is 0.800. The summed E-state index contributed by atoms with van der Waals surface area (Å²) in [6.45, 7) is 6.72. The van der Waals surface area contributed by atoms with Crippen LogP contribution in [0.4, 0.5) is 0 Å². The molecule has 8 atom stereocenters. The molecule has 5 fully saturated rings. The third-order valence-electron chi connectivity index (χ3n) is 8.82. The molecule has 138 valence electrons. The molecule has 4 aliphatic heterocycles. The van der Waals surface area contributed by atoms with Crippen molar-refractivity contribution in [1.82, 2.24) is 0 Å². The Bertz CT molecular complexity index is 860. The van der Waals surface area contributed by atoms with E-state index < -0.39 is 16.8 Å². The van der Waals surface area contributed by atoms with E-state index in [4.69, 9.17) is 18.9 Å². The molecule has 4 heterocycles. The van der Waals surface area contributed by atoms with E-state index in [-0.39, 0.29) is 47.3 Å². The van der Waals surface area contributed by atoms with E-state index in [1.807, 2.05) is 13.8 Å². The first-order chi connectivity index (χ1) is 12.3. The molecule has 7 rings (SSSR count). The normalized spacial score (nSPS) is 60.3. The largest absolute Gasteiger partial charge is 0.458 e. The van der Waals surface area contributed by atoms with Crippen molar-refractivity contribution >= 4 is 11.8 Å². The molecule has 0 aromatic rings. The third kappa shape index (κ3) is 1.10. The van der Waals surface area contributed by atoms with Gasteiger partial charge >= 0.3 is 5.97 Å². The average molecular weight is 358 g/mol. The molecule has 2 spiro atoms. The van der Waals surface area contributed by atoms with Gasteiger partial charge in [-0.05, 0) is 36.7 Å². The second kappa shape index (κ2) is 3.69. The Morgan fingerprint density at radius 1 is 1.12 bits per heavy atom. The molecule has 3 saturated heterocycles. The summed E-state index contributed by atoms with van der Waals surface area (Å²) in [7, 11) is 0. The van der Waals surface area contributed by atoms with Crippen molar-refractivity contribution in [2.45, 2.75) is 75.1 Å². The number of hydrogen-bond acceptors (Lipinski definition) is 6. The van der Waals surface area contributed by atoms with Gasteiger partial charge in [0.05, 0.1) is 6.10 Å². The van der Waals surface area contributed by atoms with Crippen LogP contribution in [-0.4, -0.2) is 53.5 Å². The Hall–Kier alpha value is -1.24. The minimum absolute atomic E-state index is 0.0689. The van der Waals surface area contributed by atoms with E-state index in [9.17, 15) is 9.59 Å². The average Bonchev–Trinajstić information content (AvgIpc) is 3.47. The molecule has 0 bridgehead atoms. The van der Waals surface area contributed by atoms with E-state index in [0.29, 0.717) is 13.0 Å². The fourth-order valence-electron chi connectivity index (χ4n) is 7.41. The van der Waals surface area contributed by atoms with Crippen molar-refractivity contribution in [3.63, 3.8) is 0 Å². The van der Waals surface area contributed by atoms with Crippen LogP contribution in [0.15, 0.2) is 11.1 Å². The zero-order chi connectivity index (χ0) is 17.9. The lowest BCUT2D eigenvalue weighted by Crippen LogP contribution is -2.67. The molecule has 3 aliphatic carbocycles. The standard InChI is InChI=1S/C20H22O6/c1-8(2)18-13(25-18)14-20(26-14)17(3)5-4-9-10(7-23-15(9)21)11(17)6-12-19(20,24-12)16(18)22/h8,11-14H,4-7H2,1-3H3/t11?,12?,13-,14?,17?,18-,19?,20?/m0/s1. The van der Waals surface area contributed by atoms with Gasteiger partial charge in [0.15, 0.2) is 11.2 Å². The fourth-order valence-corrected chi connectivity index (χ4v) is 7.41. The maximum absolute atomic E-state index is 13.6. The van der Waals surface area contributed by atoms with Gasteiger partial charge in [0.2, 0.25) is 5.78 Å². The Kier molecular flexibility index (Phi) is 2.10. The second-order valence-corrected chi connectivity index (χ2v) is 9.72. The van der Waals surface area contributed by atoms with Gasteiger partial charge in [-0.1, -0.05) is 20.8 Å². The maximum atomic E-state index is 13.6. The number of cyclic esters (lactones) is 1. The van der Waals surface area contributed by atoms with Gasteiger partial charge in [0.1, 0.15) is 24.4 Å². The number of carbonyl (C=O) groups excluding carboxylic acids is 2. The minimum Gasteiger partial charge on any atom is -0.458 e. The van der Waals surface area contributed by atoms with Gasteiger partial charge in [-0.3, -0.25) is 4.79 Å². The quantitative estimate of drug-likeness (QED) is 0.519. The van der Waals surface area contributed by atoms with Crippen molar-refractivity contribution in [3.8, 4) is 0 Å². The highest BCUT2D eigenvalue weighted by molar-refractivity contribution is 6.05. The van der Waals surface area contributed by atoms with Gasteiger partial charge < -0.3 is 18.9 Å². The van der Waals surface area contributed by atoms with Crippen LogP contribution >= 0.6 is 0 Å². The first kappa shape index (κ1) is 14.8. The van der Waals surface area contributed by atoms with Crippen LogP contribution in [0.2, 0.25) is 0 Å². The monoisotopic (exact) mass is 358 g/mol. The van der Waals surface area contributed by atoms with Crippen LogP contribution in [0.25, 0.3) is 0 Å². The molecule has 0 aromatic heterocycles. The number of hydrogen-bond donors (Lipinski definition) is 0. The molecule has 6 nitrogen and oxygen atoms in total. The molecule has 6 unspecified atom stereocenters. The SMILES string of the molecule is CC(C)[C@]12O[C@H]1C1OC13C1(C)CCC4=C(COC4=O)C1CC1OC13C2=O. The van der Waals surface area contributed by atoms with Gasteiger partial charge in [-0.25, -0.2) is 4.79 Å². The van der Waals surface area contributed by atoms with Gasteiger partial charge in [-0.2, -0.15) is 0 Å². The van der Waals surface area contributed by atoms with Crippen molar-refractivity contribution in [2.24, 2.45) is 17.3 Å². The van der Waals surface area contributed by atoms with Crippen LogP contribution in [0.1, 0.15) is 40.0 Å². The molecule has 0 amide bonds. The van der Waals surface area contributed by atoms with E-state index in [2.05, 4.69) is 6.92 Å². The number of carbonyl (C=O) groups is 2. The molecule has 2 saturated carbocycles. The molecular weight excluding hydrogens is 336 g/mol. The summed E-state index contributed by atoms with van der Waals surface area (Å²) in [5.74, 6) is 0.252. The number of Topliss-reactive ketones (excluding diaryl/α,β-unsaturated/α-hetero) is 1. The predicted molar refractivity (Wildman–Crippen MR) is 86.1 cm³/mol. The smallest absolute Gasteiger partial charge is 0.334 e. The summed E-state index contributed by atoms with van der Waals surface area (Å²) >= 11 is 0. The van der Waals surface area contributed by atoms with Crippen molar-refractivity contribution in [2.75, 3.05) is 6.61 Å². The van der Waals surface area contributed by atoms with Crippen LogP contribution in [0.5, 0.6) is 0 Å². The Balaban J connectivity index is 1.40. The Labute approximate surface area is 151 Å². The lowest BCUT2D eigenvalue weighted by molar-refractivity contribution is -0.139. The number of esters is 1. The summed E-state index contributed by atoms with van der Waals surface area (Å²) in [5, 5.41) is 0. The van der Waals surface area contributed by atoms with Gasteiger partial charge in [0, 0.05) is 11.0 Å². The topological polar surface area (TPSA) is 81.0 Å². The summed E-state index contributed by atoms with van der Waals surface area (Å²) in [4.78, 5) is 25.7. The number of rotatable bonds is 1. The molecule has 0 aromatic carbocycles. The van der Waals surface area contributed by atoms with E-state index in [1.54, 1.807) is 0 Å². The first-order valence-corrected chi connectivity index (χ1v) is 9.82. The Morgan fingerprint density at radius 3 is 2.69 bits per heavy atom. The first-order valence-electron chi connectivity index (χ1n) is 9.82. The van der Waals surface area contributed by atoms with Crippen molar-refractivity contribution in [3.05, 3.63) is 11.1 Å². The highest BCUT2D eigenvalue weighted by atomic mass is 16.7. The minimum atomic E-state index is -0.832. The summed E-state index contributed by atoms with van der Waals surface area (Å²) in [6.07, 6.45) is 1.97. The summed E-state index contributed by atoms with van der Waals surface area (Å²) in [6, 6.07) is 0. The highest BCUT2D eigenvalue weighted by Crippen LogP contribution is 2.81. The molecular formula is C20H22O6.